The summed E-state index contributed by atoms with van der Waals surface area (Å²) in [6.45, 7) is -0.287. The van der Waals surface area contributed by atoms with Gasteiger partial charge in [-0.1, -0.05) is 25.7 Å². The molecule has 96 valence electrons. The number of unbranched alkanes of at least 4 members (excludes halogenated alkanes) is 6. The molecule has 0 aliphatic rings. The number of rotatable bonds is 10. The van der Waals surface area contributed by atoms with Gasteiger partial charge in [-0.15, -0.1) is 12.3 Å². The fourth-order valence-corrected chi connectivity index (χ4v) is 1.48. The molecule has 0 aromatic rings. The molecule has 0 aromatic carbocycles. The highest BCUT2D eigenvalue weighted by molar-refractivity contribution is 5.80. The molecule has 4 nitrogen and oxygen atoms in total. The first-order valence-corrected chi connectivity index (χ1v) is 6.08. The van der Waals surface area contributed by atoms with Crippen molar-refractivity contribution >= 4 is 11.9 Å². The number of hydrogen-bond donors (Lipinski definition) is 2. The summed E-state index contributed by atoms with van der Waals surface area (Å²) in [6.07, 6.45) is 12.7. The van der Waals surface area contributed by atoms with E-state index in [4.69, 9.17) is 11.5 Å². The highest BCUT2D eigenvalue weighted by Gasteiger charge is 2.02. The van der Waals surface area contributed by atoms with E-state index in [0.29, 0.717) is 6.42 Å². The molecule has 0 aromatic heterocycles. The van der Waals surface area contributed by atoms with Crippen LogP contribution in [0.4, 0.5) is 0 Å². The van der Waals surface area contributed by atoms with Crippen LogP contribution in [0.15, 0.2) is 0 Å². The zero-order valence-electron chi connectivity index (χ0n) is 10.2. The van der Waals surface area contributed by atoms with Crippen LogP contribution in [0.3, 0.4) is 0 Å². The van der Waals surface area contributed by atoms with E-state index in [1.165, 1.54) is 0 Å². The lowest BCUT2D eigenvalue weighted by atomic mass is 10.1. The number of carboxylic acids is 1. The number of hydrogen-bond acceptors (Lipinski definition) is 2. The second-order valence-electron chi connectivity index (χ2n) is 4.00. The van der Waals surface area contributed by atoms with E-state index >= 15 is 0 Å². The summed E-state index contributed by atoms with van der Waals surface area (Å²) >= 11 is 0. The molecule has 0 aliphatic heterocycles. The molecule has 0 unspecified atom stereocenters. The van der Waals surface area contributed by atoms with Crippen LogP contribution in [-0.2, 0) is 9.59 Å². The SMILES string of the molecule is C#CCCCCCCCCC(=O)NCC(=O)O. The highest BCUT2D eigenvalue weighted by Crippen LogP contribution is 2.08. The van der Waals surface area contributed by atoms with Gasteiger partial charge in [0.2, 0.25) is 5.91 Å². The third kappa shape index (κ3) is 12.4. The monoisotopic (exact) mass is 239 g/mol. The minimum Gasteiger partial charge on any atom is -0.480 e. The maximum absolute atomic E-state index is 11.1. The molecule has 1 amide bonds. The number of terminal acetylenes is 1. The lowest BCUT2D eigenvalue weighted by molar-refractivity contribution is -0.137. The predicted octanol–water partition coefficient (Wildman–Crippen LogP) is 1.94. The van der Waals surface area contributed by atoms with Crippen LogP contribution in [0.25, 0.3) is 0 Å². The Kier molecular flexibility index (Phi) is 10.0. The second-order valence-corrected chi connectivity index (χ2v) is 4.00. The van der Waals surface area contributed by atoms with E-state index in [1.807, 2.05) is 0 Å². The van der Waals surface area contributed by atoms with Gasteiger partial charge in [0, 0.05) is 12.8 Å². The van der Waals surface area contributed by atoms with E-state index in [-0.39, 0.29) is 12.5 Å². The van der Waals surface area contributed by atoms with Crippen LogP contribution >= 0.6 is 0 Å². The van der Waals surface area contributed by atoms with E-state index in [0.717, 1.165) is 44.9 Å². The van der Waals surface area contributed by atoms with Crippen LogP contribution in [0.2, 0.25) is 0 Å². The van der Waals surface area contributed by atoms with Gasteiger partial charge >= 0.3 is 5.97 Å². The first-order chi connectivity index (χ1) is 8.16. The maximum Gasteiger partial charge on any atom is 0.322 e. The van der Waals surface area contributed by atoms with Gasteiger partial charge in [0.15, 0.2) is 0 Å². The van der Waals surface area contributed by atoms with E-state index < -0.39 is 5.97 Å². The summed E-state index contributed by atoms with van der Waals surface area (Å²) in [5.41, 5.74) is 0. The van der Waals surface area contributed by atoms with Gasteiger partial charge in [0.25, 0.3) is 0 Å². The Labute approximate surface area is 103 Å². The van der Waals surface area contributed by atoms with E-state index in [2.05, 4.69) is 11.2 Å². The van der Waals surface area contributed by atoms with Crippen molar-refractivity contribution in [2.24, 2.45) is 0 Å². The number of nitrogens with one attached hydrogen (secondary N) is 1. The third-order valence-electron chi connectivity index (χ3n) is 2.41. The van der Waals surface area contributed by atoms with Crippen molar-refractivity contribution in [3.8, 4) is 12.3 Å². The molecule has 0 radical (unpaired) electrons. The molecule has 0 saturated heterocycles. The van der Waals surface area contributed by atoms with Crippen molar-refractivity contribution in [1.82, 2.24) is 5.32 Å². The van der Waals surface area contributed by atoms with Crippen LogP contribution in [0, 0.1) is 12.3 Å². The minimum atomic E-state index is -1.01. The molecule has 0 saturated carbocycles. The number of amides is 1. The zero-order valence-corrected chi connectivity index (χ0v) is 10.2. The highest BCUT2D eigenvalue weighted by atomic mass is 16.4. The van der Waals surface area contributed by atoms with Crippen molar-refractivity contribution in [2.45, 2.75) is 51.4 Å². The summed E-state index contributed by atoms with van der Waals surface area (Å²) in [7, 11) is 0. The summed E-state index contributed by atoms with van der Waals surface area (Å²) < 4.78 is 0. The molecular weight excluding hydrogens is 218 g/mol. The smallest absolute Gasteiger partial charge is 0.322 e. The Hall–Kier alpha value is -1.50. The molecule has 4 heteroatoms. The van der Waals surface area contributed by atoms with Gasteiger partial charge < -0.3 is 10.4 Å². The van der Waals surface area contributed by atoms with Crippen LogP contribution < -0.4 is 5.32 Å². The summed E-state index contributed by atoms with van der Waals surface area (Å²) in [6, 6.07) is 0. The molecular formula is C13H21NO3. The van der Waals surface area contributed by atoms with Gasteiger partial charge in [0.1, 0.15) is 6.54 Å². The van der Waals surface area contributed by atoms with Crippen molar-refractivity contribution in [2.75, 3.05) is 6.54 Å². The summed E-state index contributed by atoms with van der Waals surface area (Å²) in [4.78, 5) is 21.3. The number of carboxylic acid groups (broad SMARTS) is 1. The normalized spacial score (nSPS) is 9.59. The van der Waals surface area contributed by atoms with E-state index in [9.17, 15) is 9.59 Å². The fourth-order valence-electron chi connectivity index (χ4n) is 1.48. The van der Waals surface area contributed by atoms with Gasteiger partial charge in [-0.2, -0.15) is 0 Å². The topological polar surface area (TPSA) is 66.4 Å². The maximum atomic E-state index is 11.1. The molecule has 2 N–H and O–H groups in total. The van der Waals surface area contributed by atoms with Crippen LogP contribution in [0.5, 0.6) is 0 Å². The Bertz CT molecular complexity index is 268. The molecule has 17 heavy (non-hydrogen) atoms. The standard InChI is InChI=1S/C13H21NO3/c1-2-3-4-5-6-7-8-9-10-12(15)14-11-13(16)17/h1H,3-11H2,(H,14,15)(H,16,17). The predicted molar refractivity (Wildman–Crippen MR) is 66.4 cm³/mol. The number of carbonyl (C=O) groups is 2. The Balaban J connectivity index is 3.20. The lowest BCUT2D eigenvalue weighted by Gasteiger charge is -2.02. The largest absolute Gasteiger partial charge is 0.480 e. The van der Waals surface area contributed by atoms with Crippen molar-refractivity contribution in [3.05, 3.63) is 0 Å². The average Bonchev–Trinajstić information content (AvgIpc) is 2.30. The quantitative estimate of drug-likeness (QED) is 0.452. The third-order valence-corrected chi connectivity index (χ3v) is 2.41. The van der Waals surface area contributed by atoms with E-state index in [1.54, 1.807) is 0 Å². The van der Waals surface area contributed by atoms with Gasteiger partial charge in [-0.05, 0) is 12.8 Å². The Morgan fingerprint density at radius 1 is 1.06 bits per heavy atom. The molecule has 0 spiro atoms. The molecule has 0 heterocycles. The van der Waals surface area contributed by atoms with Crippen LogP contribution in [-0.4, -0.2) is 23.5 Å². The second kappa shape index (κ2) is 11.0. The first kappa shape index (κ1) is 15.5. The first-order valence-electron chi connectivity index (χ1n) is 6.08. The summed E-state index contributed by atoms with van der Waals surface area (Å²) in [5.74, 6) is 1.42. The van der Waals surface area contributed by atoms with Gasteiger partial charge in [-0.3, -0.25) is 9.59 Å². The van der Waals surface area contributed by atoms with Gasteiger partial charge in [-0.25, -0.2) is 0 Å². The number of aliphatic carboxylic acids is 1. The van der Waals surface area contributed by atoms with Crippen molar-refractivity contribution in [1.29, 1.82) is 0 Å². The molecule has 0 rings (SSSR count). The Morgan fingerprint density at radius 2 is 1.65 bits per heavy atom. The molecule has 0 aliphatic carbocycles. The molecule has 0 bridgehead atoms. The Morgan fingerprint density at radius 3 is 2.24 bits per heavy atom. The minimum absolute atomic E-state index is 0.181. The van der Waals surface area contributed by atoms with Gasteiger partial charge in [0.05, 0.1) is 0 Å². The lowest BCUT2D eigenvalue weighted by Crippen LogP contribution is -2.28. The van der Waals surface area contributed by atoms with Crippen LogP contribution in [0.1, 0.15) is 51.4 Å². The zero-order chi connectivity index (χ0) is 12.9. The summed E-state index contributed by atoms with van der Waals surface area (Å²) in [5, 5.41) is 10.7. The van der Waals surface area contributed by atoms with Crippen molar-refractivity contribution in [3.63, 3.8) is 0 Å². The average molecular weight is 239 g/mol. The number of carbonyl (C=O) groups excluding carboxylic acids is 1. The fraction of sp³-hybridized carbons (Fsp3) is 0.692. The molecule has 0 atom stereocenters. The molecule has 0 fully saturated rings. The van der Waals surface area contributed by atoms with Crippen molar-refractivity contribution < 1.29 is 14.7 Å².